The van der Waals surface area contributed by atoms with Gasteiger partial charge in [-0.2, -0.15) is 5.10 Å². The molecule has 15 heavy (non-hydrogen) atoms. The average molecular weight is 210 g/mol. The molecule has 82 valence electrons. The van der Waals surface area contributed by atoms with Gasteiger partial charge in [0.1, 0.15) is 5.69 Å². The summed E-state index contributed by atoms with van der Waals surface area (Å²) in [5, 5.41) is 13.7. The summed E-state index contributed by atoms with van der Waals surface area (Å²) >= 11 is 0. The van der Waals surface area contributed by atoms with Crippen molar-refractivity contribution in [2.45, 2.75) is 32.2 Å². The van der Waals surface area contributed by atoms with Crippen LogP contribution in [-0.4, -0.2) is 27.5 Å². The van der Waals surface area contributed by atoms with Gasteiger partial charge >= 0.3 is 5.97 Å². The summed E-state index contributed by atoms with van der Waals surface area (Å²) in [6, 6.07) is 0.409. The highest BCUT2D eigenvalue weighted by Gasteiger charge is 2.26. The van der Waals surface area contributed by atoms with E-state index in [4.69, 9.17) is 4.74 Å². The van der Waals surface area contributed by atoms with Crippen molar-refractivity contribution in [1.82, 2.24) is 9.78 Å². The Balaban J connectivity index is 2.03. The van der Waals surface area contributed by atoms with Crippen LogP contribution >= 0.6 is 0 Å². The Kier molecular flexibility index (Phi) is 2.62. The van der Waals surface area contributed by atoms with E-state index in [1.165, 1.54) is 0 Å². The lowest BCUT2D eigenvalue weighted by molar-refractivity contribution is -0.142. The third-order valence-corrected chi connectivity index (χ3v) is 2.32. The first-order valence-electron chi connectivity index (χ1n) is 5.13. The summed E-state index contributed by atoms with van der Waals surface area (Å²) in [5.74, 6) is -0.274. The first-order valence-corrected chi connectivity index (χ1v) is 5.13. The van der Waals surface area contributed by atoms with Crippen molar-refractivity contribution in [1.29, 1.82) is 0 Å². The third kappa shape index (κ3) is 2.29. The monoisotopic (exact) mass is 210 g/mol. The fraction of sp³-hybridized carbons (Fsp3) is 0.600. The Bertz CT molecular complexity index is 369. The molecule has 1 aromatic heterocycles. The lowest BCUT2D eigenvalue weighted by Gasteiger charge is -1.99. The summed E-state index contributed by atoms with van der Waals surface area (Å²) in [7, 11) is 0. The third-order valence-electron chi connectivity index (χ3n) is 2.32. The van der Waals surface area contributed by atoms with Crippen LogP contribution < -0.4 is 0 Å². The number of nitrogens with zero attached hydrogens (tertiary/aromatic N) is 2. The van der Waals surface area contributed by atoms with Gasteiger partial charge in [-0.15, -0.1) is 0 Å². The van der Waals surface area contributed by atoms with Crippen molar-refractivity contribution >= 4 is 5.97 Å². The lowest BCUT2D eigenvalue weighted by Crippen LogP contribution is -2.08. The van der Waals surface area contributed by atoms with E-state index in [2.05, 4.69) is 5.10 Å². The predicted molar refractivity (Wildman–Crippen MR) is 52.5 cm³/mol. The highest BCUT2D eigenvalue weighted by molar-refractivity contribution is 5.72. The van der Waals surface area contributed by atoms with Crippen LogP contribution in [0.3, 0.4) is 0 Å². The predicted octanol–water partition coefficient (Wildman–Crippen LogP) is 1.03. The van der Waals surface area contributed by atoms with Crippen molar-refractivity contribution in [3.8, 4) is 5.75 Å². The number of aromatic nitrogens is 2. The van der Waals surface area contributed by atoms with Crippen LogP contribution in [0.4, 0.5) is 0 Å². The van der Waals surface area contributed by atoms with Crippen LogP contribution in [0.25, 0.3) is 0 Å². The van der Waals surface area contributed by atoms with Crippen molar-refractivity contribution in [3.05, 3.63) is 11.9 Å². The molecular formula is C10H14N2O3. The van der Waals surface area contributed by atoms with E-state index in [-0.39, 0.29) is 18.1 Å². The zero-order valence-electron chi connectivity index (χ0n) is 8.64. The van der Waals surface area contributed by atoms with Gasteiger partial charge in [-0.3, -0.25) is 9.48 Å². The number of ether oxygens (including phenoxy) is 1. The zero-order valence-corrected chi connectivity index (χ0v) is 8.64. The van der Waals surface area contributed by atoms with E-state index in [9.17, 15) is 9.90 Å². The van der Waals surface area contributed by atoms with Crippen molar-refractivity contribution < 1.29 is 14.6 Å². The van der Waals surface area contributed by atoms with Gasteiger partial charge in [0.15, 0.2) is 5.75 Å². The molecule has 1 fully saturated rings. The molecule has 0 aliphatic heterocycles. The van der Waals surface area contributed by atoms with Crippen LogP contribution in [0.5, 0.6) is 5.75 Å². The molecule has 0 atom stereocenters. The molecule has 0 unspecified atom stereocenters. The highest BCUT2D eigenvalue weighted by Crippen LogP contribution is 2.35. The molecule has 0 spiro atoms. The number of carbonyl (C=O) groups excluding carboxylic acids is 1. The van der Waals surface area contributed by atoms with Gasteiger partial charge in [0.2, 0.25) is 0 Å². The van der Waals surface area contributed by atoms with Crippen LogP contribution in [-0.2, 0) is 16.0 Å². The lowest BCUT2D eigenvalue weighted by atomic mass is 10.3. The molecule has 0 amide bonds. The van der Waals surface area contributed by atoms with E-state index in [1.807, 2.05) is 0 Å². The number of hydrogen-bond donors (Lipinski definition) is 1. The minimum atomic E-state index is -0.353. The van der Waals surface area contributed by atoms with Crippen LogP contribution in [0.15, 0.2) is 6.20 Å². The molecule has 1 aliphatic rings. The molecule has 2 rings (SSSR count). The van der Waals surface area contributed by atoms with Gasteiger partial charge in [-0.05, 0) is 19.8 Å². The maximum atomic E-state index is 11.2. The normalized spacial score (nSPS) is 15.3. The summed E-state index contributed by atoms with van der Waals surface area (Å²) < 4.78 is 6.51. The van der Waals surface area contributed by atoms with E-state index >= 15 is 0 Å². The van der Waals surface area contributed by atoms with Gasteiger partial charge in [0, 0.05) is 0 Å². The van der Waals surface area contributed by atoms with Gasteiger partial charge in [0.25, 0.3) is 0 Å². The average Bonchev–Trinajstić information content (AvgIpc) is 2.94. The van der Waals surface area contributed by atoms with Gasteiger partial charge in [-0.25, -0.2) is 0 Å². The number of carbonyl (C=O) groups is 1. The number of hydrogen-bond acceptors (Lipinski definition) is 4. The standard InChI is InChI=1S/C10H14N2O3/c1-2-15-10(14)5-8-9(13)6-12(11-8)7-3-4-7/h6-7,13H,2-5H2,1H3. The largest absolute Gasteiger partial charge is 0.504 e. The smallest absolute Gasteiger partial charge is 0.312 e. The molecule has 5 nitrogen and oxygen atoms in total. The Morgan fingerprint density at radius 3 is 3.07 bits per heavy atom. The second-order valence-electron chi connectivity index (χ2n) is 3.65. The fourth-order valence-corrected chi connectivity index (χ4v) is 1.42. The molecular weight excluding hydrogens is 196 g/mol. The van der Waals surface area contributed by atoms with Crippen LogP contribution in [0, 0.1) is 0 Å². The van der Waals surface area contributed by atoms with E-state index in [0.717, 1.165) is 12.8 Å². The minimum absolute atomic E-state index is 0.0411. The molecule has 0 radical (unpaired) electrons. The van der Waals surface area contributed by atoms with E-state index < -0.39 is 0 Å². The molecule has 1 aromatic rings. The Labute approximate surface area is 87.7 Å². The number of rotatable bonds is 4. The fourth-order valence-electron chi connectivity index (χ4n) is 1.42. The SMILES string of the molecule is CCOC(=O)Cc1nn(C2CC2)cc1O. The van der Waals surface area contributed by atoms with Crippen molar-refractivity contribution in [2.75, 3.05) is 6.61 Å². The molecule has 1 saturated carbocycles. The molecule has 0 saturated heterocycles. The Morgan fingerprint density at radius 1 is 1.73 bits per heavy atom. The molecule has 1 heterocycles. The van der Waals surface area contributed by atoms with Crippen LogP contribution in [0.2, 0.25) is 0 Å². The Morgan fingerprint density at radius 2 is 2.47 bits per heavy atom. The zero-order chi connectivity index (χ0) is 10.8. The van der Waals surface area contributed by atoms with Gasteiger partial charge < -0.3 is 9.84 Å². The second kappa shape index (κ2) is 3.92. The van der Waals surface area contributed by atoms with E-state index in [0.29, 0.717) is 18.3 Å². The summed E-state index contributed by atoms with van der Waals surface area (Å²) in [4.78, 5) is 11.2. The number of esters is 1. The van der Waals surface area contributed by atoms with Gasteiger partial charge in [-0.1, -0.05) is 0 Å². The first-order chi connectivity index (χ1) is 7.20. The summed E-state index contributed by atoms with van der Waals surface area (Å²) in [6.07, 6.45) is 3.81. The van der Waals surface area contributed by atoms with Gasteiger partial charge in [0.05, 0.1) is 25.3 Å². The van der Waals surface area contributed by atoms with E-state index in [1.54, 1.807) is 17.8 Å². The minimum Gasteiger partial charge on any atom is -0.504 e. The number of aromatic hydroxyl groups is 1. The molecule has 1 aliphatic carbocycles. The van der Waals surface area contributed by atoms with Crippen molar-refractivity contribution in [2.24, 2.45) is 0 Å². The summed E-state index contributed by atoms with van der Waals surface area (Å²) in [5.41, 5.74) is 0.403. The molecule has 5 heteroatoms. The molecule has 0 aromatic carbocycles. The van der Waals surface area contributed by atoms with Crippen molar-refractivity contribution in [3.63, 3.8) is 0 Å². The quantitative estimate of drug-likeness (QED) is 0.754. The highest BCUT2D eigenvalue weighted by atomic mass is 16.5. The maximum absolute atomic E-state index is 11.2. The topological polar surface area (TPSA) is 64.3 Å². The molecule has 0 bridgehead atoms. The first kappa shape index (κ1) is 10.0. The maximum Gasteiger partial charge on any atom is 0.312 e. The summed E-state index contributed by atoms with van der Waals surface area (Å²) in [6.45, 7) is 2.10. The second-order valence-corrected chi connectivity index (χ2v) is 3.65. The molecule has 1 N–H and O–H groups in total. The Hall–Kier alpha value is -1.52. The van der Waals surface area contributed by atoms with Crippen LogP contribution in [0.1, 0.15) is 31.5 Å².